The molecule has 104 valence electrons. The number of piperidine rings is 1. The van der Waals surface area contributed by atoms with E-state index < -0.39 is 0 Å². The van der Waals surface area contributed by atoms with Crippen LogP contribution >= 0.6 is 0 Å². The largest absolute Gasteiger partial charge is 0.311 e. The fourth-order valence-electron chi connectivity index (χ4n) is 4.52. The van der Waals surface area contributed by atoms with Crippen molar-refractivity contribution in [3.8, 4) is 0 Å². The third-order valence-corrected chi connectivity index (χ3v) is 5.65. The lowest BCUT2D eigenvalue weighted by molar-refractivity contribution is 0.150. The first-order chi connectivity index (χ1) is 8.85. The Morgan fingerprint density at radius 2 is 1.83 bits per heavy atom. The van der Waals surface area contributed by atoms with Crippen molar-refractivity contribution in [2.24, 2.45) is 5.92 Å². The van der Waals surface area contributed by atoms with Crippen molar-refractivity contribution in [3.05, 3.63) is 0 Å². The van der Waals surface area contributed by atoms with Crippen LogP contribution < -0.4 is 5.32 Å². The van der Waals surface area contributed by atoms with Crippen molar-refractivity contribution in [3.63, 3.8) is 0 Å². The van der Waals surface area contributed by atoms with Crippen molar-refractivity contribution < 1.29 is 0 Å². The van der Waals surface area contributed by atoms with E-state index in [4.69, 9.17) is 0 Å². The predicted molar refractivity (Wildman–Crippen MR) is 76.8 cm³/mol. The quantitative estimate of drug-likeness (QED) is 0.827. The van der Waals surface area contributed by atoms with Crippen molar-refractivity contribution in [2.75, 3.05) is 13.1 Å². The van der Waals surface area contributed by atoms with Gasteiger partial charge in [0, 0.05) is 18.1 Å². The van der Waals surface area contributed by atoms with Gasteiger partial charge in [-0.2, -0.15) is 0 Å². The van der Waals surface area contributed by atoms with Crippen LogP contribution in [0.15, 0.2) is 0 Å². The Morgan fingerprint density at radius 1 is 0.944 bits per heavy atom. The standard InChI is InChI=1S/C16H30N2/c1-2-13-5-3-6-14(11-13)17-15-8-10-18-9-4-7-16(18)12-15/h13-17H,2-12H2,1H3. The molecule has 3 fully saturated rings. The molecule has 3 rings (SSSR count). The summed E-state index contributed by atoms with van der Waals surface area (Å²) in [7, 11) is 0. The molecule has 0 aromatic heterocycles. The van der Waals surface area contributed by atoms with E-state index in [1.54, 1.807) is 0 Å². The number of hydrogen-bond acceptors (Lipinski definition) is 2. The number of nitrogens with zero attached hydrogens (tertiary/aromatic N) is 1. The molecule has 0 aromatic carbocycles. The molecule has 3 aliphatic rings. The highest BCUT2D eigenvalue weighted by Crippen LogP contribution is 2.30. The fraction of sp³-hybridized carbons (Fsp3) is 1.00. The maximum Gasteiger partial charge on any atom is 0.0111 e. The smallest absolute Gasteiger partial charge is 0.0111 e. The van der Waals surface area contributed by atoms with Crippen LogP contribution in [0.1, 0.15) is 64.7 Å². The van der Waals surface area contributed by atoms with Crippen molar-refractivity contribution >= 4 is 0 Å². The monoisotopic (exact) mass is 250 g/mol. The summed E-state index contributed by atoms with van der Waals surface area (Å²) < 4.78 is 0. The lowest BCUT2D eigenvalue weighted by Crippen LogP contribution is -2.49. The highest BCUT2D eigenvalue weighted by Gasteiger charge is 2.33. The third-order valence-electron chi connectivity index (χ3n) is 5.65. The van der Waals surface area contributed by atoms with Gasteiger partial charge in [-0.3, -0.25) is 0 Å². The lowest BCUT2D eigenvalue weighted by Gasteiger charge is -2.39. The number of hydrogen-bond donors (Lipinski definition) is 1. The molecule has 1 N–H and O–H groups in total. The maximum atomic E-state index is 4.01. The summed E-state index contributed by atoms with van der Waals surface area (Å²) in [6.07, 6.45) is 12.9. The van der Waals surface area contributed by atoms with Crippen LogP contribution in [-0.4, -0.2) is 36.1 Å². The Hall–Kier alpha value is -0.0800. The molecule has 0 amide bonds. The van der Waals surface area contributed by atoms with E-state index in [1.807, 2.05) is 0 Å². The number of rotatable bonds is 3. The molecular weight excluding hydrogens is 220 g/mol. The zero-order chi connectivity index (χ0) is 12.4. The SMILES string of the molecule is CCC1CCCC(NC2CCN3CCCC3C2)C1. The van der Waals surface area contributed by atoms with Gasteiger partial charge in [0.25, 0.3) is 0 Å². The average Bonchev–Trinajstić information content (AvgIpc) is 2.86. The maximum absolute atomic E-state index is 4.01. The van der Waals surface area contributed by atoms with Crippen LogP contribution in [0.4, 0.5) is 0 Å². The van der Waals surface area contributed by atoms with Gasteiger partial charge in [-0.05, 0) is 57.5 Å². The molecule has 0 radical (unpaired) electrons. The fourth-order valence-corrected chi connectivity index (χ4v) is 4.52. The first-order valence-electron chi connectivity index (χ1n) is 8.35. The van der Waals surface area contributed by atoms with Gasteiger partial charge in [0.05, 0.1) is 0 Å². The Balaban J connectivity index is 1.47. The van der Waals surface area contributed by atoms with Gasteiger partial charge in [-0.1, -0.05) is 26.2 Å². The molecule has 2 heterocycles. The molecule has 0 aromatic rings. The molecule has 18 heavy (non-hydrogen) atoms. The molecule has 4 unspecified atom stereocenters. The molecule has 2 nitrogen and oxygen atoms in total. The second kappa shape index (κ2) is 5.92. The molecule has 0 bridgehead atoms. The van der Waals surface area contributed by atoms with Crippen LogP contribution in [0, 0.1) is 5.92 Å². The van der Waals surface area contributed by atoms with E-state index in [-0.39, 0.29) is 0 Å². The van der Waals surface area contributed by atoms with Gasteiger partial charge in [-0.15, -0.1) is 0 Å². The Bertz CT molecular complexity index is 266. The third kappa shape index (κ3) is 2.91. The van der Waals surface area contributed by atoms with Crippen molar-refractivity contribution in [1.29, 1.82) is 0 Å². The highest BCUT2D eigenvalue weighted by atomic mass is 15.2. The second-order valence-electron chi connectivity index (χ2n) is 6.86. The summed E-state index contributed by atoms with van der Waals surface area (Å²) in [5.74, 6) is 1.00. The zero-order valence-corrected chi connectivity index (χ0v) is 12.0. The topological polar surface area (TPSA) is 15.3 Å². The molecule has 2 heteroatoms. The number of fused-ring (bicyclic) bond motifs is 1. The summed E-state index contributed by atoms with van der Waals surface area (Å²) in [5.41, 5.74) is 0. The van der Waals surface area contributed by atoms with Crippen LogP contribution in [0.5, 0.6) is 0 Å². The summed E-state index contributed by atoms with van der Waals surface area (Å²) in [4.78, 5) is 2.73. The summed E-state index contributed by atoms with van der Waals surface area (Å²) in [5, 5.41) is 4.01. The van der Waals surface area contributed by atoms with Gasteiger partial charge in [0.15, 0.2) is 0 Å². The van der Waals surface area contributed by atoms with E-state index in [0.717, 1.165) is 24.0 Å². The zero-order valence-electron chi connectivity index (χ0n) is 12.0. The van der Waals surface area contributed by atoms with Crippen molar-refractivity contribution in [2.45, 2.75) is 82.8 Å². The van der Waals surface area contributed by atoms with Crippen molar-refractivity contribution in [1.82, 2.24) is 10.2 Å². The molecular formula is C16H30N2. The first kappa shape index (κ1) is 12.9. The average molecular weight is 250 g/mol. The van der Waals surface area contributed by atoms with E-state index in [9.17, 15) is 0 Å². The normalized spacial score (nSPS) is 41.8. The summed E-state index contributed by atoms with van der Waals surface area (Å²) in [6.45, 7) is 5.09. The van der Waals surface area contributed by atoms with Gasteiger partial charge in [0.1, 0.15) is 0 Å². The van der Waals surface area contributed by atoms with Gasteiger partial charge in [-0.25, -0.2) is 0 Å². The molecule has 1 saturated carbocycles. The summed E-state index contributed by atoms with van der Waals surface area (Å²) >= 11 is 0. The van der Waals surface area contributed by atoms with Crippen LogP contribution in [0.25, 0.3) is 0 Å². The predicted octanol–water partition coefficient (Wildman–Crippen LogP) is 3.17. The minimum Gasteiger partial charge on any atom is -0.311 e. The van der Waals surface area contributed by atoms with E-state index in [2.05, 4.69) is 17.1 Å². The second-order valence-corrected chi connectivity index (χ2v) is 6.86. The van der Waals surface area contributed by atoms with E-state index in [1.165, 1.54) is 70.9 Å². The molecule has 2 aliphatic heterocycles. The minimum atomic E-state index is 0.824. The number of nitrogens with one attached hydrogen (secondary N) is 1. The van der Waals surface area contributed by atoms with Crippen LogP contribution in [0.2, 0.25) is 0 Å². The molecule has 0 spiro atoms. The molecule has 1 aliphatic carbocycles. The molecule has 4 atom stereocenters. The lowest BCUT2D eigenvalue weighted by atomic mass is 9.83. The highest BCUT2D eigenvalue weighted by molar-refractivity contribution is 4.91. The Kier molecular flexibility index (Phi) is 4.25. The van der Waals surface area contributed by atoms with Gasteiger partial charge >= 0.3 is 0 Å². The summed E-state index contributed by atoms with van der Waals surface area (Å²) in [6, 6.07) is 2.58. The van der Waals surface area contributed by atoms with E-state index >= 15 is 0 Å². The van der Waals surface area contributed by atoms with Crippen LogP contribution in [0.3, 0.4) is 0 Å². The molecule has 2 saturated heterocycles. The van der Waals surface area contributed by atoms with E-state index in [0.29, 0.717) is 0 Å². The first-order valence-corrected chi connectivity index (χ1v) is 8.35. The van der Waals surface area contributed by atoms with Crippen LogP contribution in [-0.2, 0) is 0 Å². The van der Waals surface area contributed by atoms with Gasteiger partial charge < -0.3 is 10.2 Å². The minimum absolute atomic E-state index is 0.824. The Morgan fingerprint density at radius 3 is 2.72 bits per heavy atom. The van der Waals surface area contributed by atoms with Gasteiger partial charge in [0.2, 0.25) is 0 Å². The Labute approximate surface area is 113 Å².